The Hall–Kier alpha value is -1.60. The number of pyridine rings is 1. The molecule has 0 unspecified atom stereocenters. The second-order valence-corrected chi connectivity index (χ2v) is 2.50. The SMILES string of the molecule is N#CCc1cccc(NCCO)n1. The highest BCUT2D eigenvalue weighted by Gasteiger charge is 1.95. The highest BCUT2D eigenvalue weighted by molar-refractivity contribution is 5.35. The molecular weight excluding hydrogens is 166 g/mol. The molecule has 0 bridgehead atoms. The number of nitrogens with zero attached hydrogens (tertiary/aromatic N) is 2. The summed E-state index contributed by atoms with van der Waals surface area (Å²) in [5.41, 5.74) is 0.741. The maximum atomic E-state index is 8.56. The van der Waals surface area contributed by atoms with Crippen LogP contribution >= 0.6 is 0 Å². The van der Waals surface area contributed by atoms with E-state index in [1.165, 1.54) is 0 Å². The highest BCUT2D eigenvalue weighted by atomic mass is 16.3. The molecular formula is C9H11N3O. The Labute approximate surface area is 76.8 Å². The summed E-state index contributed by atoms with van der Waals surface area (Å²) in [5.74, 6) is 0.696. The summed E-state index contributed by atoms with van der Waals surface area (Å²) in [6.07, 6.45) is 0.314. The van der Waals surface area contributed by atoms with Crippen LogP contribution in [0.15, 0.2) is 18.2 Å². The number of anilines is 1. The second kappa shape index (κ2) is 5.12. The van der Waals surface area contributed by atoms with Crippen LogP contribution in [0.4, 0.5) is 5.82 Å². The summed E-state index contributed by atoms with van der Waals surface area (Å²) in [5, 5.41) is 19.9. The van der Waals surface area contributed by atoms with E-state index < -0.39 is 0 Å². The van der Waals surface area contributed by atoms with Crippen LogP contribution in [0.25, 0.3) is 0 Å². The molecule has 0 aliphatic carbocycles. The van der Waals surface area contributed by atoms with Gasteiger partial charge in [0.2, 0.25) is 0 Å². The number of aromatic nitrogens is 1. The molecule has 0 aliphatic rings. The molecule has 1 aromatic heterocycles. The lowest BCUT2D eigenvalue weighted by atomic mass is 10.3. The van der Waals surface area contributed by atoms with Crippen molar-refractivity contribution in [3.8, 4) is 6.07 Å². The average molecular weight is 177 g/mol. The topological polar surface area (TPSA) is 68.9 Å². The number of aliphatic hydroxyl groups excluding tert-OH is 1. The summed E-state index contributed by atoms with van der Waals surface area (Å²) >= 11 is 0. The zero-order chi connectivity index (χ0) is 9.52. The molecule has 0 saturated carbocycles. The van der Waals surface area contributed by atoms with Gasteiger partial charge in [0.05, 0.1) is 24.8 Å². The smallest absolute Gasteiger partial charge is 0.126 e. The Bertz CT molecular complexity index is 306. The minimum Gasteiger partial charge on any atom is -0.395 e. The van der Waals surface area contributed by atoms with Crippen molar-refractivity contribution in [3.05, 3.63) is 23.9 Å². The molecule has 0 saturated heterocycles. The minimum absolute atomic E-state index is 0.0736. The van der Waals surface area contributed by atoms with Crippen molar-refractivity contribution in [3.63, 3.8) is 0 Å². The number of aliphatic hydroxyl groups is 1. The van der Waals surface area contributed by atoms with Crippen molar-refractivity contribution < 1.29 is 5.11 Å². The van der Waals surface area contributed by atoms with Crippen molar-refractivity contribution in [1.82, 2.24) is 4.98 Å². The maximum absolute atomic E-state index is 8.56. The monoisotopic (exact) mass is 177 g/mol. The molecule has 13 heavy (non-hydrogen) atoms. The molecule has 0 fully saturated rings. The molecule has 0 amide bonds. The van der Waals surface area contributed by atoms with Crippen LogP contribution in [-0.4, -0.2) is 23.2 Å². The van der Waals surface area contributed by atoms with Gasteiger partial charge in [-0.15, -0.1) is 0 Å². The quantitative estimate of drug-likeness (QED) is 0.704. The van der Waals surface area contributed by atoms with E-state index in [0.717, 1.165) is 5.69 Å². The summed E-state index contributed by atoms with van der Waals surface area (Å²) in [6, 6.07) is 7.46. The van der Waals surface area contributed by atoms with Gasteiger partial charge < -0.3 is 10.4 Å². The van der Waals surface area contributed by atoms with Gasteiger partial charge in [0.15, 0.2) is 0 Å². The molecule has 0 aliphatic heterocycles. The zero-order valence-corrected chi connectivity index (χ0v) is 7.20. The number of rotatable bonds is 4. The van der Waals surface area contributed by atoms with Gasteiger partial charge in [-0.2, -0.15) is 5.26 Å². The van der Waals surface area contributed by atoms with E-state index in [-0.39, 0.29) is 6.61 Å². The molecule has 0 aromatic carbocycles. The van der Waals surface area contributed by atoms with Gasteiger partial charge in [0.1, 0.15) is 5.82 Å². The lowest BCUT2D eigenvalue weighted by Crippen LogP contribution is -2.07. The standard InChI is InChI=1S/C9H11N3O/c10-5-4-8-2-1-3-9(12-8)11-6-7-13/h1-3,13H,4,6-7H2,(H,11,12). The van der Waals surface area contributed by atoms with E-state index >= 15 is 0 Å². The number of nitrogens with one attached hydrogen (secondary N) is 1. The van der Waals surface area contributed by atoms with Gasteiger partial charge in [-0.3, -0.25) is 0 Å². The van der Waals surface area contributed by atoms with E-state index in [2.05, 4.69) is 10.3 Å². The number of hydrogen-bond acceptors (Lipinski definition) is 4. The fourth-order valence-electron chi connectivity index (χ4n) is 0.941. The van der Waals surface area contributed by atoms with Crippen LogP contribution in [-0.2, 0) is 6.42 Å². The van der Waals surface area contributed by atoms with Gasteiger partial charge in [-0.25, -0.2) is 4.98 Å². The van der Waals surface area contributed by atoms with E-state index in [1.807, 2.05) is 12.1 Å². The fourth-order valence-corrected chi connectivity index (χ4v) is 0.941. The second-order valence-electron chi connectivity index (χ2n) is 2.50. The van der Waals surface area contributed by atoms with Gasteiger partial charge in [0.25, 0.3) is 0 Å². The van der Waals surface area contributed by atoms with Gasteiger partial charge in [-0.05, 0) is 12.1 Å². The number of nitriles is 1. The Kier molecular flexibility index (Phi) is 3.74. The first-order valence-electron chi connectivity index (χ1n) is 4.04. The summed E-state index contributed by atoms with van der Waals surface area (Å²) in [4.78, 5) is 4.16. The zero-order valence-electron chi connectivity index (χ0n) is 7.20. The molecule has 1 rings (SSSR count). The van der Waals surface area contributed by atoms with E-state index in [1.54, 1.807) is 12.1 Å². The molecule has 4 nitrogen and oxygen atoms in total. The first-order valence-corrected chi connectivity index (χ1v) is 4.04. The summed E-state index contributed by atoms with van der Waals surface area (Å²) < 4.78 is 0. The van der Waals surface area contributed by atoms with Crippen LogP contribution in [0.1, 0.15) is 5.69 Å². The molecule has 68 valence electrons. The Balaban J connectivity index is 2.63. The Morgan fingerprint density at radius 2 is 2.38 bits per heavy atom. The summed E-state index contributed by atoms with van der Waals surface area (Å²) in [6.45, 7) is 0.549. The first kappa shape index (κ1) is 9.49. The average Bonchev–Trinajstić information content (AvgIpc) is 2.16. The van der Waals surface area contributed by atoms with Crippen LogP contribution in [0.2, 0.25) is 0 Å². The Morgan fingerprint density at radius 1 is 1.54 bits per heavy atom. The lowest BCUT2D eigenvalue weighted by Gasteiger charge is -2.03. The molecule has 0 radical (unpaired) electrons. The minimum atomic E-state index is 0.0736. The van der Waals surface area contributed by atoms with Crippen molar-refractivity contribution in [2.24, 2.45) is 0 Å². The molecule has 1 heterocycles. The van der Waals surface area contributed by atoms with E-state index in [0.29, 0.717) is 18.8 Å². The molecule has 4 heteroatoms. The number of hydrogen-bond donors (Lipinski definition) is 2. The molecule has 2 N–H and O–H groups in total. The maximum Gasteiger partial charge on any atom is 0.126 e. The van der Waals surface area contributed by atoms with E-state index in [9.17, 15) is 0 Å². The van der Waals surface area contributed by atoms with Crippen LogP contribution in [0.3, 0.4) is 0 Å². The Morgan fingerprint density at radius 3 is 3.08 bits per heavy atom. The molecule has 1 aromatic rings. The van der Waals surface area contributed by atoms with E-state index in [4.69, 9.17) is 10.4 Å². The van der Waals surface area contributed by atoms with Gasteiger partial charge >= 0.3 is 0 Å². The normalized spacial score (nSPS) is 9.23. The van der Waals surface area contributed by atoms with Crippen molar-refractivity contribution in [2.45, 2.75) is 6.42 Å². The lowest BCUT2D eigenvalue weighted by molar-refractivity contribution is 0.311. The predicted molar refractivity (Wildman–Crippen MR) is 49.1 cm³/mol. The largest absolute Gasteiger partial charge is 0.395 e. The van der Waals surface area contributed by atoms with Crippen molar-refractivity contribution in [1.29, 1.82) is 5.26 Å². The third kappa shape index (κ3) is 3.09. The van der Waals surface area contributed by atoms with Gasteiger partial charge in [-0.1, -0.05) is 6.07 Å². The van der Waals surface area contributed by atoms with Crippen LogP contribution < -0.4 is 5.32 Å². The summed E-state index contributed by atoms with van der Waals surface area (Å²) in [7, 11) is 0. The fraction of sp³-hybridized carbons (Fsp3) is 0.333. The third-order valence-electron chi connectivity index (χ3n) is 1.48. The molecule has 0 spiro atoms. The third-order valence-corrected chi connectivity index (χ3v) is 1.48. The van der Waals surface area contributed by atoms with Crippen LogP contribution in [0, 0.1) is 11.3 Å². The molecule has 0 atom stereocenters. The first-order chi connectivity index (χ1) is 6.36. The van der Waals surface area contributed by atoms with Gasteiger partial charge in [0, 0.05) is 6.54 Å². The highest BCUT2D eigenvalue weighted by Crippen LogP contribution is 2.04. The predicted octanol–water partition coefficient (Wildman–Crippen LogP) is 0.552. The van der Waals surface area contributed by atoms with Crippen molar-refractivity contribution in [2.75, 3.05) is 18.5 Å². The van der Waals surface area contributed by atoms with Crippen LogP contribution in [0.5, 0.6) is 0 Å². The van der Waals surface area contributed by atoms with Crippen molar-refractivity contribution >= 4 is 5.82 Å².